The Kier molecular flexibility index (Phi) is 6.27. The van der Waals surface area contributed by atoms with Crippen LogP contribution in [0.3, 0.4) is 0 Å². The highest BCUT2D eigenvalue weighted by molar-refractivity contribution is 7.20. The molecule has 0 aliphatic rings. The molecule has 0 bridgehead atoms. The molecule has 0 unspecified atom stereocenters. The second-order valence-electron chi connectivity index (χ2n) is 6.91. The smallest absolute Gasteiger partial charge is 0.266 e. The van der Waals surface area contributed by atoms with E-state index in [4.69, 9.17) is 23.2 Å². The maximum atomic E-state index is 13.0. The summed E-state index contributed by atoms with van der Waals surface area (Å²) >= 11 is 13.1. The van der Waals surface area contributed by atoms with Gasteiger partial charge < -0.3 is 10.6 Å². The second-order valence-corrected chi connectivity index (χ2v) is 8.75. The summed E-state index contributed by atoms with van der Waals surface area (Å²) in [5.41, 5.74) is 1.15. The predicted molar refractivity (Wildman–Crippen MR) is 128 cm³/mol. The number of carbonyl (C=O) groups is 2. The lowest BCUT2D eigenvalue weighted by molar-refractivity contribution is -0.116. The van der Waals surface area contributed by atoms with E-state index in [9.17, 15) is 14.4 Å². The molecule has 0 aliphatic carbocycles. The van der Waals surface area contributed by atoms with Crippen molar-refractivity contribution < 1.29 is 9.59 Å². The molecule has 0 spiro atoms. The van der Waals surface area contributed by atoms with Gasteiger partial charge in [-0.2, -0.15) is 0 Å². The lowest BCUT2D eigenvalue weighted by Gasteiger charge is -2.09. The van der Waals surface area contributed by atoms with Crippen LogP contribution in [0, 0.1) is 6.92 Å². The Morgan fingerprint density at radius 2 is 1.84 bits per heavy atom. The van der Waals surface area contributed by atoms with Crippen LogP contribution >= 0.6 is 34.5 Å². The maximum Gasteiger partial charge on any atom is 0.266 e. The van der Waals surface area contributed by atoms with Gasteiger partial charge >= 0.3 is 0 Å². The molecule has 0 saturated carbocycles. The zero-order valence-electron chi connectivity index (χ0n) is 16.7. The number of rotatable bonds is 5. The molecule has 2 amide bonds. The molecule has 2 N–H and O–H groups in total. The quantitative estimate of drug-likeness (QED) is 0.416. The van der Waals surface area contributed by atoms with Crippen molar-refractivity contribution >= 4 is 67.9 Å². The van der Waals surface area contributed by atoms with Gasteiger partial charge in [-0.1, -0.05) is 41.4 Å². The zero-order valence-corrected chi connectivity index (χ0v) is 19.0. The van der Waals surface area contributed by atoms with Crippen LogP contribution in [0.15, 0.2) is 59.7 Å². The number of hydrogen-bond acceptors (Lipinski definition) is 5. The number of benzene rings is 2. The molecule has 4 rings (SSSR count). The first-order valence-electron chi connectivity index (χ1n) is 9.43. The third-order valence-electron chi connectivity index (χ3n) is 4.67. The van der Waals surface area contributed by atoms with Crippen molar-refractivity contribution in [1.29, 1.82) is 0 Å². The summed E-state index contributed by atoms with van der Waals surface area (Å²) in [6.45, 7) is 1.43. The van der Waals surface area contributed by atoms with Crippen LogP contribution in [0.1, 0.15) is 15.2 Å². The largest absolute Gasteiger partial charge is 0.323 e. The first kappa shape index (κ1) is 22.0. The Morgan fingerprint density at radius 1 is 1.09 bits per heavy atom. The maximum absolute atomic E-state index is 13.0. The minimum absolute atomic E-state index is 0.262. The van der Waals surface area contributed by atoms with E-state index >= 15 is 0 Å². The molecule has 162 valence electrons. The summed E-state index contributed by atoms with van der Waals surface area (Å²) in [6, 6.07) is 13.7. The van der Waals surface area contributed by atoms with Crippen molar-refractivity contribution in [3.05, 3.63) is 85.7 Å². The van der Waals surface area contributed by atoms with Gasteiger partial charge in [0.25, 0.3) is 11.5 Å². The van der Waals surface area contributed by atoms with Gasteiger partial charge in [-0.15, -0.1) is 11.3 Å². The van der Waals surface area contributed by atoms with Gasteiger partial charge in [0.1, 0.15) is 11.4 Å². The number of fused-ring (bicyclic) bond motifs is 1. The highest BCUT2D eigenvalue weighted by Crippen LogP contribution is 2.28. The molecule has 0 saturated heterocycles. The minimum Gasteiger partial charge on any atom is -0.323 e. The number of halogens is 2. The molecular formula is C22H16Cl2N4O3S. The second kappa shape index (κ2) is 9.12. The Hall–Kier alpha value is -3.20. The van der Waals surface area contributed by atoms with Crippen molar-refractivity contribution in [2.75, 3.05) is 10.6 Å². The third kappa shape index (κ3) is 4.52. The fourth-order valence-electron chi connectivity index (χ4n) is 3.13. The van der Waals surface area contributed by atoms with Crippen molar-refractivity contribution in [3.8, 4) is 0 Å². The van der Waals surface area contributed by atoms with E-state index in [-0.39, 0.29) is 17.5 Å². The number of para-hydroxylation sites is 1. The van der Waals surface area contributed by atoms with Gasteiger partial charge in [-0.3, -0.25) is 19.0 Å². The highest BCUT2D eigenvalue weighted by Gasteiger charge is 2.20. The van der Waals surface area contributed by atoms with Crippen LogP contribution in [0.25, 0.3) is 10.2 Å². The van der Waals surface area contributed by atoms with E-state index in [1.807, 2.05) is 18.2 Å². The normalized spacial score (nSPS) is 10.8. The molecule has 0 radical (unpaired) electrons. The summed E-state index contributed by atoms with van der Waals surface area (Å²) in [6.07, 6.45) is 1.29. The monoisotopic (exact) mass is 486 g/mol. The van der Waals surface area contributed by atoms with Gasteiger partial charge in [-0.25, -0.2) is 4.98 Å². The molecule has 0 aliphatic heterocycles. The summed E-state index contributed by atoms with van der Waals surface area (Å²) in [5, 5.41) is 6.50. The van der Waals surface area contributed by atoms with E-state index in [1.54, 1.807) is 31.2 Å². The third-order valence-corrected chi connectivity index (χ3v) is 6.42. The van der Waals surface area contributed by atoms with Crippen LogP contribution in [0.5, 0.6) is 0 Å². The molecule has 10 heteroatoms. The van der Waals surface area contributed by atoms with Crippen LogP contribution < -0.4 is 16.2 Å². The fourth-order valence-corrected chi connectivity index (χ4v) is 4.62. The summed E-state index contributed by atoms with van der Waals surface area (Å²) in [5.74, 6) is -0.773. The van der Waals surface area contributed by atoms with E-state index in [2.05, 4.69) is 15.6 Å². The number of aryl methyl sites for hydroxylation is 1. The van der Waals surface area contributed by atoms with Crippen LogP contribution in [0.2, 0.25) is 10.0 Å². The first-order chi connectivity index (χ1) is 15.3. The highest BCUT2D eigenvalue weighted by atomic mass is 35.5. The summed E-state index contributed by atoms with van der Waals surface area (Å²) < 4.78 is 1.19. The molecule has 32 heavy (non-hydrogen) atoms. The number of amides is 2. The summed E-state index contributed by atoms with van der Waals surface area (Å²) in [4.78, 5) is 43.3. The Bertz CT molecular complexity index is 1400. The molecule has 2 aromatic carbocycles. The molecule has 4 aromatic rings. The number of nitrogens with one attached hydrogen (secondary N) is 2. The first-order valence-corrected chi connectivity index (χ1v) is 11.0. The lowest BCUT2D eigenvalue weighted by atomic mass is 10.2. The van der Waals surface area contributed by atoms with E-state index in [1.165, 1.54) is 17.0 Å². The average molecular weight is 487 g/mol. The number of aromatic nitrogens is 2. The average Bonchev–Trinajstić information content (AvgIpc) is 3.10. The Morgan fingerprint density at radius 3 is 2.56 bits per heavy atom. The number of nitrogens with zero attached hydrogens (tertiary/aromatic N) is 2. The van der Waals surface area contributed by atoms with Crippen molar-refractivity contribution in [3.63, 3.8) is 0 Å². The molecule has 0 fully saturated rings. The molecular weight excluding hydrogens is 471 g/mol. The van der Waals surface area contributed by atoms with E-state index in [0.717, 1.165) is 11.3 Å². The van der Waals surface area contributed by atoms with Gasteiger partial charge in [0.05, 0.1) is 27.3 Å². The number of anilines is 2. The van der Waals surface area contributed by atoms with Gasteiger partial charge in [0.15, 0.2) is 0 Å². The van der Waals surface area contributed by atoms with Crippen molar-refractivity contribution in [1.82, 2.24) is 9.55 Å². The molecule has 0 atom stereocenters. The molecule has 2 aromatic heterocycles. The lowest BCUT2D eigenvalue weighted by Crippen LogP contribution is -2.28. The number of thiophene rings is 1. The van der Waals surface area contributed by atoms with Crippen molar-refractivity contribution in [2.24, 2.45) is 0 Å². The van der Waals surface area contributed by atoms with Crippen LogP contribution in [-0.4, -0.2) is 21.4 Å². The van der Waals surface area contributed by atoms with Crippen LogP contribution in [0.4, 0.5) is 11.4 Å². The van der Waals surface area contributed by atoms with E-state index in [0.29, 0.717) is 37.1 Å². The van der Waals surface area contributed by atoms with Crippen molar-refractivity contribution in [2.45, 2.75) is 13.5 Å². The Balaban J connectivity index is 1.58. The summed E-state index contributed by atoms with van der Waals surface area (Å²) in [7, 11) is 0. The van der Waals surface area contributed by atoms with Gasteiger partial charge in [-0.05, 0) is 42.8 Å². The predicted octanol–water partition coefficient (Wildman–Crippen LogP) is 4.96. The van der Waals surface area contributed by atoms with E-state index < -0.39 is 11.5 Å². The SMILES string of the molecule is Cc1c(C(=O)Nc2ccccc2)sc2ncn(CC(=O)Nc3ccc(Cl)cc3Cl)c(=O)c12. The molecule has 7 nitrogen and oxygen atoms in total. The topological polar surface area (TPSA) is 93.1 Å². The zero-order chi connectivity index (χ0) is 22.8. The Labute approximate surface area is 196 Å². The minimum atomic E-state index is -0.451. The van der Waals surface area contributed by atoms with Gasteiger partial charge in [0.2, 0.25) is 5.91 Å². The van der Waals surface area contributed by atoms with Gasteiger partial charge in [0, 0.05) is 10.7 Å². The molecule has 2 heterocycles. The van der Waals surface area contributed by atoms with Crippen LogP contribution in [-0.2, 0) is 11.3 Å². The number of hydrogen-bond donors (Lipinski definition) is 2. The fraction of sp³-hybridized carbons (Fsp3) is 0.0909. The number of carbonyl (C=O) groups excluding carboxylic acids is 2. The standard InChI is InChI=1S/C22H16Cl2N4O3S/c1-12-18-21(32-19(12)20(30)26-14-5-3-2-4-6-14)25-11-28(22(18)31)10-17(29)27-16-8-7-13(23)9-15(16)24/h2-9,11H,10H2,1H3,(H,26,30)(H,27,29).